The van der Waals surface area contributed by atoms with Crippen LogP contribution >= 0.6 is 11.9 Å². The van der Waals surface area contributed by atoms with Gasteiger partial charge in [0.1, 0.15) is 0 Å². The highest BCUT2D eigenvalue weighted by molar-refractivity contribution is 7.97. The van der Waals surface area contributed by atoms with Crippen LogP contribution in [0.5, 0.6) is 0 Å². The standard InChI is InChI=1S/C29H35N5O3S/c1-32-13-15-33(16-14-32)27(36)10-8-20-25(30-24-5-4-6-26(35)28(20)24)18-22-21-17-19(38-34-11-2-3-12-34)7-9-23(21)31-29(22)37/h7,9,17-18,30H,2-6,8,10-16H2,1H3,(H,31,37)/b22-18-. The monoisotopic (exact) mass is 533 g/mol. The molecule has 1 aliphatic carbocycles. The summed E-state index contributed by atoms with van der Waals surface area (Å²) in [6, 6.07) is 6.13. The molecule has 8 nitrogen and oxygen atoms in total. The minimum Gasteiger partial charge on any atom is -0.358 e. The largest absolute Gasteiger partial charge is 0.358 e. The van der Waals surface area contributed by atoms with Gasteiger partial charge in [-0.1, -0.05) is 0 Å². The molecule has 0 saturated carbocycles. The molecule has 6 rings (SSSR count). The van der Waals surface area contributed by atoms with Crippen LogP contribution in [0, 0.1) is 0 Å². The number of nitrogens with zero attached hydrogens (tertiary/aromatic N) is 3. The van der Waals surface area contributed by atoms with E-state index in [9.17, 15) is 14.4 Å². The maximum absolute atomic E-state index is 13.1. The molecule has 0 atom stereocenters. The first-order chi connectivity index (χ1) is 18.5. The lowest BCUT2D eigenvalue weighted by Crippen LogP contribution is -2.47. The van der Waals surface area contributed by atoms with E-state index >= 15 is 0 Å². The molecule has 200 valence electrons. The van der Waals surface area contributed by atoms with Gasteiger partial charge in [-0.05, 0) is 80.9 Å². The number of aryl methyl sites for hydroxylation is 1. The van der Waals surface area contributed by atoms with Gasteiger partial charge in [-0.2, -0.15) is 0 Å². The number of benzene rings is 1. The lowest BCUT2D eigenvalue weighted by molar-refractivity contribution is -0.132. The van der Waals surface area contributed by atoms with Gasteiger partial charge in [-0.25, -0.2) is 4.31 Å². The van der Waals surface area contributed by atoms with Crippen LogP contribution in [0.15, 0.2) is 23.1 Å². The van der Waals surface area contributed by atoms with Gasteiger partial charge < -0.3 is 20.1 Å². The summed E-state index contributed by atoms with van der Waals surface area (Å²) in [5, 5.41) is 3.00. The van der Waals surface area contributed by atoms with E-state index in [1.165, 1.54) is 12.8 Å². The second-order valence-corrected chi connectivity index (χ2v) is 11.9. The summed E-state index contributed by atoms with van der Waals surface area (Å²) in [6.45, 7) is 5.41. The Labute approximate surface area is 227 Å². The second-order valence-electron chi connectivity index (χ2n) is 10.8. The number of carbonyl (C=O) groups is 3. The van der Waals surface area contributed by atoms with Crippen molar-refractivity contribution in [3.63, 3.8) is 0 Å². The number of piperazine rings is 1. The first-order valence-electron chi connectivity index (χ1n) is 13.8. The van der Waals surface area contributed by atoms with Crippen LogP contribution in [0.3, 0.4) is 0 Å². The third-order valence-electron chi connectivity index (χ3n) is 8.13. The Kier molecular flexibility index (Phi) is 7.16. The number of nitrogens with one attached hydrogen (secondary N) is 2. The van der Waals surface area contributed by atoms with Gasteiger partial charge in [0.25, 0.3) is 5.91 Å². The molecule has 0 unspecified atom stereocenters. The Morgan fingerprint density at radius 1 is 1.03 bits per heavy atom. The van der Waals surface area contributed by atoms with Crippen molar-refractivity contribution < 1.29 is 14.4 Å². The van der Waals surface area contributed by atoms with Crippen molar-refractivity contribution in [3.05, 3.63) is 46.3 Å². The number of Topliss-reactive ketones (excluding diaryl/α,β-unsaturated/α-hetero) is 1. The molecule has 3 aliphatic heterocycles. The molecule has 2 saturated heterocycles. The molecule has 1 aromatic carbocycles. The third kappa shape index (κ3) is 5.07. The predicted octanol–water partition coefficient (Wildman–Crippen LogP) is 3.84. The zero-order valence-corrected chi connectivity index (χ0v) is 22.8. The quantitative estimate of drug-likeness (QED) is 0.433. The van der Waals surface area contributed by atoms with Crippen molar-refractivity contribution in [2.24, 2.45) is 0 Å². The van der Waals surface area contributed by atoms with E-state index in [0.29, 0.717) is 24.8 Å². The van der Waals surface area contributed by atoms with E-state index in [1.807, 2.05) is 17.0 Å². The molecular weight excluding hydrogens is 498 g/mol. The normalized spacial score (nSPS) is 21.2. The SMILES string of the molecule is CN1CCN(C(=O)CCc2c(/C=C3\C(=O)Nc4ccc(SN5CCCC5)cc43)[nH]c3c2C(=O)CCC3)CC1. The number of H-pyrrole nitrogens is 1. The lowest BCUT2D eigenvalue weighted by atomic mass is 9.91. The van der Waals surface area contributed by atoms with Crippen LogP contribution in [-0.2, 0) is 22.4 Å². The average molecular weight is 534 g/mol. The zero-order chi connectivity index (χ0) is 26.2. The number of aromatic amines is 1. The molecule has 2 aromatic rings. The van der Waals surface area contributed by atoms with Gasteiger partial charge in [-0.15, -0.1) is 0 Å². The van der Waals surface area contributed by atoms with E-state index in [0.717, 1.165) is 90.8 Å². The number of hydrogen-bond acceptors (Lipinski definition) is 6. The van der Waals surface area contributed by atoms with Gasteiger partial charge in [0.2, 0.25) is 5.91 Å². The Hall–Kier alpha value is -2.88. The number of ketones is 1. The molecule has 2 N–H and O–H groups in total. The van der Waals surface area contributed by atoms with Crippen LogP contribution in [0.2, 0.25) is 0 Å². The lowest BCUT2D eigenvalue weighted by Gasteiger charge is -2.32. The third-order valence-corrected chi connectivity index (χ3v) is 9.22. The second kappa shape index (κ2) is 10.7. The summed E-state index contributed by atoms with van der Waals surface area (Å²) in [4.78, 5) is 47.8. The first-order valence-corrected chi connectivity index (χ1v) is 14.6. The highest BCUT2D eigenvalue weighted by Gasteiger charge is 2.30. The highest BCUT2D eigenvalue weighted by Crippen LogP contribution is 2.38. The van der Waals surface area contributed by atoms with Gasteiger partial charge in [0.05, 0.1) is 5.57 Å². The van der Waals surface area contributed by atoms with Crippen molar-refractivity contribution in [1.82, 2.24) is 19.1 Å². The maximum Gasteiger partial charge on any atom is 0.256 e. The molecule has 9 heteroatoms. The van der Waals surface area contributed by atoms with E-state index in [1.54, 1.807) is 11.9 Å². The van der Waals surface area contributed by atoms with Gasteiger partial charge >= 0.3 is 0 Å². The van der Waals surface area contributed by atoms with Gasteiger partial charge in [0.15, 0.2) is 5.78 Å². The minimum absolute atomic E-state index is 0.127. The van der Waals surface area contributed by atoms with Crippen LogP contribution in [-0.4, -0.2) is 83.0 Å². The molecule has 0 spiro atoms. The summed E-state index contributed by atoms with van der Waals surface area (Å²) in [5.41, 5.74) is 5.64. The number of carbonyl (C=O) groups excluding carboxylic acids is 3. The molecule has 4 aliphatic rings. The molecule has 0 bridgehead atoms. The molecule has 1 aromatic heterocycles. The summed E-state index contributed by atoms with van der Waals surface area (Å²) in [5.74, 6) is 0.124. The van der Waals surface area contributed by atoms with Gasteiger partial charge in [0, 0.05) is 85.2 Å². The highest BCUT2D eigenvalue weighted by atomic mass is 32.2. The molecular formula is C29H35N5O3S. The number of anilines is 1. The van der Waals surface area contributed by atoms with E-state index < -0.39 is 0 Å². The molecule has 0 radical (unpaired) electrons. The molecule has 4 heterocycles. The maximum atomic E-state index is 13.1. The van der Waals surface area contributed by atoms with Crippen molar-refractivity contribution >= 4 is 46.9 Å². The Morgan fingerprint density at radius 3 is 2.61 bits per heavy atom. The number of aromatic nitrogens is 1. The van der Waals surface area contributed by atoms with Crippen LogP contribution in [0.25, 0.3) is 11.6 Å². The van der Waals surface area contributed by atoms with Crippen molar-refractivity contribution in [3.8, 4) is 0 Å². The zero-order valence-electron chi connectivity index (χ0n) is 22.0. The predicted molar refractivity (Wildman–Crippen MR) is 150 cm³/mol. The van der Waals surface area contributed by atoms with Crippen molar-refractivity contribution in [2.45, 2.75) is 49.8 Å². The van der Waals surface area contributed by atoms with Gasteiger partial charge in [-0.3, -0.25) is 14.4 Å². The van der Waals surface area contributed by atoms with Crippen LogP contribution in [0.4, 0.5) is 5.69 Å². The Bertz CT molecular complexity index is 1300. The fraction of sp³-hybridized carbons (Fsp3) is 0.483. The summed E-state index contributed by atoms with van der Waals surface area (Å²) >= 11 is 1.75. The number of amides is 2. The number of likely N-dealkylation sites (N-methyl/N-ethyl adjacent to an activating group) is 1. The number of hydrogen-bond donors (Lipinski definition) is 2. The minimum atomic E-state index is -0.137. The summed E-state index contributed by atoms with van der Waals surface area (Å²) in [6.07, 6.45) is 7.34. The van der Waals surface area contributed by atoms with E-state index in [2.05, 4.69) is 38.7 Å². The first kappa shape index (κ1) is 25.4. The fourth-order valence-electron chi connectivity index (χ4n) is 5.96. The Balaban J connectivity index is 1.29. The molecule has 2 amide bonds. The van der Waals surface area contributed by atoms with Crippen molar-refractivity contribution in [2.75, 3.05) is 51.6 Å². The average Bonchev–Trinajstić information content (AvgIpc) is 3.62. The van der Waals surface area contributed by atoms with E-state index in [-0.39, 0.29) is 17.6 Å². The summed E-state index contributed by atoms with van der Waals surface area (Å²) < 4.78 is 2.37. The number of rotatable bonds is 6. The van der Waals surface area contributed by atoms with Crippen LogP contribution < -0.4 is 5.32 Å². The number of fused-ring (bicyclic) bond motifs is 2. The topological polar surface area (TPSA) is 88.8 Å². The van der Waals surface area contributed by atoms with Crippen molar-refractivity contribution in [1.29, 1.82) is 0 Å². The summed E-state index contributed by atoms with van der Waals surface area (Å²) in [7, 11) is 2.07. The van der Waals surface area contributed by atoms with E-state index in [4.69, 9.17) is 0 Å². The molecule has 2 fully saturated rings. The fourth-order valence-corrected chi connectivity index (χ4v) is 7.00. The smallest absolute Gasteiger partial charge is 0.256 e. The Morgan fingerprint density at radius 2 is 1.82 bits per heavy atom. The molecule has 38 heavy (non-hydrogen) atoms. The van der Waals surface area contributed by atoms with Crippen LogP contribution in [0.1, 0.15) is 65.0 Å².